The third-order valence-electron chi connectivity index (χ3n) is 4.65. The first kappa shape index (κ1) is 19.8. The van der Waals surface area contributed by atoms with Gasteiger partial charge in [-0.25, -0.2) is 13.1 Å². The smallest absolute Gasteiger partial charge is 0.223 e. The molecule has 25 heavy (non-hydrogen) atoms. The molecule has 0 aromatic heterocycles. The van der Waals surface area contributed by atoms with E-state index in [4.69, 9.17) is 0 Å². The van der Waals surface area contributed by atoms with Crippen LogP contribution in [0.15, 0.2) is 30.3 Å². The van der Waals surface area contributed by atoms with Gasteiger partial charge < -0.3 is 15.1 Å². The van der Waals surface area contributed by atoms with Gasteiger partial charge in [-0.2, -0.15) is 0 Å². The summed E-state index contributed by atoms with van der Waals surface area (Å²) in [6.07, 6.45) is 1.26. The number of aliphatic hydroxyl groups is 2. The molecule has 0 bridgehead atoms. The molecule has 0 unspecified atom stereocenters. The van der Waals surface area contributed by atoms with Gasteiger partial charge in [0.25, 0.3) is 0 Å². The number of carbonyl (C=O) groups is 1. The minimum Gasteiger partial charge on any atom is -0.396 e. The van der Waals surface area contributed by atoms with Gasteiger partial charge in [0.1, 0.15) is 0 Å². The summed E-state index contributed by atoms with van der Waals surface area (Å²) in [7, 11) is -3.33. The maximum absolute atomic E-state index is 12.4. The summed E-state index contributed by atoms with van der Waals surface area (Å²) in [5, 5.41) is 20.4. The van der Waals surface area contributed by atoms with E-state index in [1.54, 1.807) is 4.90 Å². The molecule has 140 valence electrons. The quantitative estimate of drug-likeness (QED) is 0.613. The van der Waals surface area contributed by atoms with Gasteiger partial charge >= 0.3 is 0 Å². The Hall–Kier alpha value is -1.48. The lowest BCUT2D eigenvalue weighted by Crippen LogP contribution is -2.56. The van der Waals surface area contributed by atoms with Crippen LogP contribution in [-0.4, -0.2) is 68.0 Å². The second-order valence-corrected chi connectivity index (χ2v) is 8.55. The van der Waals surface area contributed by atoms with Crippen LogP contribution >= 0.6 is 0 Å². The highest BCUT2D eigenvalue weighted by molar-refractivity contribution is 7.88. The Bertz CT molecular complexity index is 680. The fourth-order valence-electron chi connectivity index (χ4n) is 3.25. The van der Waals surface area contributed by atoms with Crippen LogP contribution in [0.3, 0.4) is 0 Å². The summed E-state index contributed by atoms with van der Waals surface area (Å²) in [5.74, 6) is -0.186. The van der Waals surface area contributed by atoms with Crippen LogP contribution in [0.25, 0.3) is 0 Å². The van der Waals surface area contributed by atoms with Crippen molar-refractivity contribution in [1.82, 2.24) is 9.62 Å². The fourth-order valence-corrected chi connectivity index (χ4v) is 3.72. The highest BCUT2D eigenvalue weighted by Crippen LogP contribution is 2.34. The van der Waals surface area contributed by atoms with Gasteiger partial charge in [0, 0.05) is 31.5 Å². The molecule has 1 aromatic carbocycles. The van der Waals surface area contributed by atoms with Gasteiger partial charge in [-0.1, -0.05) is 30.3 Å². The van der Waals surface area contributed by atoms with Gasteiger partial charge in [-0.15, -0.1) is 0 Å². The fraction of sp³-hybridized carbons (Fsp3) is 0.588. The maximum atomic E-state index is 12.4. The molecule has 1 aliphatic heterocycles. The van der Waals surface area contributed by atoms with Crippen LogP contribution < -0.4 is 4.72 Å². The van der Waals surface area contributed by atoms with Crippen molar-refractivity contribution in [1.29, 1.82) is 0 Å². The third-order valence-corrected chi connectivity index (χ3v) is 5.38. The van der Waals surface area contributed by atoms with Crippen LogP contribution in [0, 0.1) is 5.41 Å². The zero-order valence-electron chi connectivity index (χ0n) is 14.4. The predicted molar refractivity (Wildman–Crippen MR) is 94.3 cm³/mol. The van der Waals surface area contributed by atoms with E-state index < -0.39 is 21.5 Å². The SMILES string of the molecule is CS(=O)(=O)NCCC(=O)N1CC[C@H](O)[C@](CO)(Cc2ccccc2)C1. The molecule has 0 saturated carbocycles. The summed E-state index contributed by atoms with van der Waals surface area (Å²) in [6.45, 7) is 0.461. The lowest BCUT2D eigenvalue weighted by atomic mass is 9.73. The summed E-state index contributed by atoms with van der Waals surface area (Å²) < 4.78 is 24.5. The standard InChI is InChI=1S/C17H26N2O5S/c1-25(23,24)18-9-7-16(22)19-10-8-15(21)17(12-19,13-20)11-14-5-3-2-4-6-14/h2-6,15,18,20-21H,7-13H2,1H3/t15-,17+/m0/s1. The van der Waals surface area contributed by atoms with Gasteiger partial charge in [0.15, 0.2) is 0 Å². The Morgan fingerprint density at radius 3 is 2.64 bits per heavy atom. The lowest BCUT2D eigenvalue weighted by molar-refractivity contribution is -0.141. The van der Waals surface area contributed by atoms with Crippen LogP contribution in [0.2, 0.25) is 0 Å². The van der Waals surface area contributed by atoms with Crippen molar-refractivity contribution in [3.63, 3.8) is 0 Å². The average molecular weight is 370 g/mol. The number of hydrogen-bond donors (Lipinski definition) is 3. The number of nitrogens with zero attached hydrogens (tertiary/aromatic N) is 1. The molecule has 7 nitrogen and oxygen atoms in total. The molecule has 2 rings (SSSR count). The first-order chi connectivity index (χ1) is 11.8. The number of sulfonamides is 1. The number of nitrogens with one attached hydrogen (secondary N) is 1. The molecule has 1 fully saturated rings. The molecule has 1 aliphatic rings. The molecule has 1 aromatic rings. The normalized spacial score (nSPS) is 24.3. The molecular formula is C17H26N2O5S. The van der Waals surface area contributed by atoms with Gasteiger partial charge in [0.2, 0.25) is 15.9 Å². The zero-order chi connectivity index (χ0) is 18.5. The van der Waals surface area contributed by atoms with E-state index in [0.29, 0.717) is 19.4 Å². The van der Waals surface area contributed by atoms with Crippen LogP contribution in [0.1, 0.15) is 18.4 Å². The summed E-state index contributed by atoms with van der Waals surface area (Å²) in [4.78, 5) is 14.0. The molecule has 0 spiro atoms. The predicted octanol–water partition coefficient (Wildman–Crippen LogP) is -0.260. The van der Waals surface area contributed by atoms with E-state index in [1.807, 2.05) is 30.3 Å². The Morgan fingerprint density at radius 2 is 2.04 bits per heavy atom. The third kappa shape index (κ3) is 5.50. The van der Waals surface area contributed by atoms with Crippen molar-refractivity contribution in [3.8, 4) is 0 Å². The second-order valence-electron chi connectivity index (χ2n) is 6.72. The molecular weight excluding hydrogens is 344 g/mol. The average Bonchev–Trinajstić information content (AvgIpc) is 2.56. The number of carbonyl (C=O) groups excluding carboxylic acids is 1. The van der Waals surface area contributed by atoms with E-state index >= 15 is 0 Å². The first-order valence-electron chi connectivity index (χ1n) is 8.31. The minimum absolute atomic E-state index is 0.0432. The maximum Gasteiger partial charge on any atom is 0.223 e. The number of amides is 1. The molecule has 0 radical (unpaired) electrons. The van der Waals surface area contributed by atoms with Crippen molar-refractivity contribution in [2.24, 2.45) is 5.41 Å². The van der Waals surface area contributed by atoms with Crippen molar-refractivity contribution in [2.45, 2.75) is 25.4 Å². The van der Waals surface area contributed by atoms with Crippen molar-refractivity contribution in [3.05, 3.63) is 35.9 Å². The lowest BCUT2D eigenvalue weighted by Gasteiger charge is -2.45. The molecule has 1 heterocycles. The van der Waals surface area contributed by atoms with E-state index in [0.717, 1.165) is 11.8 Å². The monoisotopic (exact) mass is 370 g/mol. The molecule has 3 N–H and O–H groups in total. The highest BCUT2D eigenvalue weighted by atomic mass is 32.2. The number of piperidine rings is 1. The number of rotatable bonds is 7. The molecule has 1 amide bonds. The van der Waals surface area contributed by atoms with Gasteiger partial charge in [0.05, 0.1) is 19.0 Å². The molecule has 1 saturated heterocycles. The zero-order valence-corrected chi connectivity index (χ0v) is 15.2. The Balaban J connectivity index is 2.04. The Kier molecular flexibility index (Phi) is 6.56. The van der Waals surface area contributed by atoms with Gasteiger partial charge in [-0.05, 0) is 18.4 Å². The highest BCUT2D eigenvalue weighted by Gasteiger charge is 2.43. The topological polar surface area (TPSA) is 107 Å². The van der Waals surface area contributed by atoms with E-state index in [-0.39, 0.29) is 32.0 Å². The van der Waals surface area contributed by atoms with E-state index in [1.165, 1.54) is 0 Å². The largest absolute Gasteiger partial charge is 0.396 e. The van der Waals surface area contributed by atoms with Gasteiger partial charge in [-0.3, -0.25) is 4.79 Å². The van der Waals surface area contributed by atoms with Crippen molar-refractivity contribution < 1.29 is 23.4 Å². The Morgan fingerprint density at radius 1 is 1.36 bits per heavy atom. The van der Waals surface area contributed by atoms with Crippen molar-refractivity contribution >= 4 is 15.9 Å². The summed E-state index contributed by atoms with van der Waals surface area (Å²) in [6, 6.07) is 9.56. The number of aliphatic hydroxyl groups excluding tert-OH is 2. The number of benzene rings is 1. The first-order valence-corrected chi connectivity index (χ1v) is 10.2. The molecule has 2 atom stereocenters. The molecule has 8 heteroatoms. The van der Waals surface area contributed by atoms with E-state index in [9.17, 15) is 23.4 Å². The number of likely N-dealkylation sites (tertiary alicyclic amines) is 1. The van der Waals surface area contributed by atoms with Crippen LogP contribution in [0.5, 0.6) is 0 Å². The van der Waals surface area contributed by atoms with Crippen LogP contribution in [-0.2, 0) is 21.2 Å². The van der Waals surface area contributed by atoms with Crippen molar-refractivity contribution in [2.75, 3.05) is 32.5 Å². The number of hydrogen-bond acceptors (Lipinski definition) is 5. The van der Waals surface area contributed by atoms with E-state index in [2.05, 4.69) is 4.72 Å². The Labute approximate surface area is 148 Å². The summed E-state index contributed by atoms with van der Waals surface area (Å²) in [5.41, 5.74) is 0.183. The van der Waals surface area contributed by atoms with Crippen LogP contribution in [0.4, 0.5) is 0 Å². The summed E-state index contributed by atoms with van der Waals surface area (Å²) >= 11 is 0. The molecule has 0 aliphatic carbocycles. The second kappa shape index (κ2) is 8.27. The minimum atomic E-state index is -3.33.